The van der Waals surface area contributed by atoms with Crippen molar-refractivity contribution < 1.29 is 13.9 Å². The summed E-state index contributed by atoms with van der Waals surface area (Å²) < 4.78 is 12.9. The van der Waals surface area contributed by atoms with Crippen LogP contribution in [0, 0.1) is 6.92 Å². The van der Waals surface area contributed by atoms with Crippen molar-refractivity contribution >= 4 is 39.2 Å². The first kappa shape index (κ1) is 21.9. The van der Waals surface area contributed by atoms with Crippen molar-refractivity contribution in [3.8, 4) is 17.0 Å². The van der Waals surface area contributed by atoms with Gasteiger partial charge in [0.25, 0.3) is 5.56 Å². The molecule has 5 rings (SSSR count). The third-order valence-electron chi connectivity index (χ3n) is 5.48. The Morgan fingerprint density at radius 1 is 1.27 bits per heavy atom. The minimum Gasteiger partial charge on any atom is -0.461 e. The number of amides is 1. The molecule has 4 heterocycles. The Balaban J connectivity index is 1.48. The molecular weight excluding hydrogens is 458 g/mol. The largest absolute Gasteiger partial charge is 0.461 e. The van der Waals surface area contributed by atoms with Gasteiger partial charge >= 0.3 is 0 Å². The normalized spacial score (nSPS) is 15.8. The molecule has 0 bridgehead atoms. The molecule has 4 aromatic rings. The lowest BCUT2D eigenvalue weighted by Crippen LogP contribution is -2.33. The van der Waals surface area contributed by atoms with Gasteiger partial charge in [-0.05, 0) is 44.0 Å². The first-order valence-corrected chi connectivity index (χ1v) is 12.6. The second-order valence-electron chi connectivity index (χ2n) is 7.84. The lowest BCUT2D eigenvalue weighted by molar-refractivity contribution is -0.119. The van der Waals surface area contributed by atoms with Gasteiger partial charge in [-0.1, -0.05) is 30.0 Å². The Labute approximate surface area is 198 Å². The number of nitrogens with one attached hydrogen (secondary N) is 1. The highest BCUT2D eigenvalue weighted by atomic mass is 32.2. The van der Waals surface area contributed by atoms with E-state index >= 15 is 0 Å². The van der Waals surface area contributed by atoms with Gasteiger partial charge in [0.15, 0.2) is 5.16 Å². The van der Waals surface area contributed by atoms with Crippen molar-refractivity contribution in [3.63, 3.8) is 0 Å². The van der Waals surface area contributed by atoms with E-state index in [0.717, 1.165) is 30.8 Å². The number of nitrogens with zero attached hydrogens (tertiary/aromatic N) is 2. The third-order valence-corrected chi connectivity index (χ3v) is 7.29. The number of aromatic nitrogens is 2. The number of carbonyl (C=O) groups is 1. The molecule has 0 radical (unpaired) electrons. The summed E-state index contributed by atoms with van der Waals surface area (Å²) in [5, 5.41) is 5.82. The highest BCUT2D eigenvalue weighted by molar-refractivity contribution is 7.99. The molecule has 1 N–H and O–H groups in total. The number of benzene rings is 1. The van der Waals surface area contributed by atoms with Crippen LogP contribution in [0.2, 0.25) is 0 Å². The quantitative estimate of drug-likeness (QED) is 0.311. The number of ether oxygens (including phenoxy) is 1. The second-order valence-corrected chi connectivity index (χ2v) is 9.64. The maximum absolute atomic E-state index is 13.7. The van der Waals surface area contributed by atoms with Gasteiger partial charge < -0.3 is 14.5 Å². The standard InChI is InChI=1S/C24H23N3O4S2/c1-15-9-10-19(31-15)18-13-32-22-21(18)23(29)27(16-6-3-2-4-7-16)24(26-22)33-14-20(28)25-12-17-8-5-11-30-17/h2-4,6-7,9-10,13,17H,5,8,11-12,14H2,1H3,(H,25,28). The van der Waals surface area contributed by atoms with Crippen molar-refractivity contribution in [2.45, 2.75) is 31.0 Å². The van der Waals surface area contributed by atoms with Crippen LogP contribution in [0.25, 0.3) is 27.2 Å². The van der Waals surface area contributed by atoms with Crippen LogP contribution >= 0.6 is 23.1 Å². The Morgan fingerprint density at radius 3 is 2.85 bits per heavy atom. The first-order chi connectivity index (χ1) is 16.1. The second kappa shape index (κ2) is 9.54. The average molecular weight is 482 g/mol. The average Bonchev–Trinajstić information content (AvgIpc) is 3.58. The number of furan rings is 1. The van der Waals surface area contributed by atoms with Gasteiger partial charge in [0.1, 0.15) is 16.4 Å². The van der Waals surface area contributed by atoms with E-state index in [1.54, 1.807) is 4.57 Å². The number of fused-ring (bicyclic) bond motifs is 1. The summed E-state index contributed by atoms with van der Waals surface area (Å²) >= 11 is 2.65. The Kier molecular flexibility index (Phi) is 6.34. The van der Waals surface area contributed by atoms with Gasteiger partial charge in [-0.25, -0.2) is 4.98 Å². The van der Waals surface area contributed by atoms with Crippen molar-refractivity contribution in [2.75, 3.05) is 18.9 Å². The number of aryl methyl sites for hydroxylation is 1. The summed E-state index contributed by atoms with van der Waals surface area (Å²) in [4.78, 5) is 31.6. The molecule has 1 atom stereocenters. The molecule has 33 heavy (non-hydrogen) atoms. The molecule has 1 aliphatic rings. The highest BCUT2D eigenvalue weighted by Crippen LogP contribution is 2.33. The van der Waals surface area contributed by atoms with Crippen LogP contribution in [0.5, 0.6) is 0 Å². The minimum absolute atomic E-state index is 0.0886. The van der Waals surface area contributed by atoms with Crippen LogP contribution in [-0.4, -0.2) is 40.5 Å². The van der Waals surface area contributed by atoms with E-state index < -0.39 is 0 Å². The SMILES string of the molecule is Cc1ccc(-c2csc3nc(SCC(=O)NCC4CCCO4)n(-c4ccccc4)c(=O)c23)o1. The van der Waals surface area contributed by atoms with Crippen molar-refractivity contribution in [2.24, 2.45) is 0 Å². The summed E-state index contributed by atoms with van der Waals surface area (Å²) in [6.45, 7) is 3.13. The van der Waals surface area contributed by atoms with E-state index in [2.05, 4.69) is 5.32 Å². The molecular formula is C24H23N3O4S2. The fraction of sp³-hybridized carbons (Fsp3) is 0.292. The minimum atomic E-state index is -0.182. The van der Waals surface area contributed by atoms with Crippen molar-refractivity contribution in [1.82, 2.24) is 14.9 Å². The van der Waals surface area contributed by atoms with Crippen LogP contribution < -0.4 is 10.9 Å². The van der Waals surface area contributed by atoms with Gasteiger partial charge in [0.2, 0.25) is 5.91 Å². The van der Waals surface area contributed by atoms with Gasteiger partial charge in [0.05, 0.1) is 22.9 Å². The zero-order valence-electron chi connectivity index (χ0n) is 18.1. The molecule has 3 aromatic heterocycles. The van der Waals surface area contributed by atoms with Crippen LogP contribution in [0.3, 0.4) is 0 Å². The molecule has 1 fully saturated rings. The lowest BCUT2D eigenvalue weighted by atomic mass is 10.2. The van der Waals surface area contributed by atoms with Gasteiger partial charge in [-0.15, -0.1) is 11.3 Å². The summed E-state index contributed by atoms with van der Waals surface area (Å²) in [5.41, 5.74) is 1.25. The number of rotatable bonds is 7. The fourth-order valence-corrected chi connectivity index (χ4v) is 5.66. The van der Waals surface area contributed by atoms with Crippen molar-refractivity contribution in [1.29, 1.82) is 0 Å². The van der Waals surface area contributed by atoms with Crippen molar-refractivity contribution in [3.05, 3.63) is 64.0 Å². The molecule has 7 nitrogen and oxygen atoms in total. The molecule has 0 spiro atoms. The number of hydrogen-bond acceptors (Lipinski definition) is 7. The van der Waals surface area contributed by atoms with Crippen LogP contribution in [0.1, 0.15) is 18.6 Å². The van der Waals surface area contributed by atoms with Crippen LogP contribution in [0.15, 0.2) is 62.2 Å². The van der Waals surface area contributed by atoms with Crippen LogP contribution in [-0.2, 0) is 9.53 Å². The molecule has 0 aliphatic carbocycles. The van der Waals surface area contributed by atoms with Gasteiger partial charge in [-0.2, -0.15) is 0 Å². The topological polar surface area (TPSA) is 86.4 Å². The van der Waals surface area contributed by atoms with E-state index in [4.69, 9.17) is 14.1 Å². The van der Waals surface area contributed by atoms with Gasteiger partial charge in [0, 0.05) is 24.1 Å². The molecule has 1 aliphatic heterocycles. The summed E-state index contributed by atoms with van der Waals surface area (Å²) in [5.74, 6) is 1.48. The zero-order valence-corrected chi connectivity index (χ0v) is 19.7. The third kappa shape index (κ3) is 4.62. The molecule has 1 saturated heterocycles. The summed E-state index contributed by atoms with van der Waals surface area (Å²) in [7, 11) is 0. The van der Waals surface area contributed by atoms with Crippen LogP contribution in [0.4, 0.5) is 0 Å². The van der Waals surface area contributed by atoms with Gasteiger partial charge in [-0.3, -0.25) is 14.2 Å². The van der Waals surface area contributed by atoms with E-state index in [0.29, 0.717) is 33.4 Å². The van der Waals surface area contributed by atoms with E-state index in [-0.39, 0.29) is 23.3 Å². The monoisotopic (exact) mass is 481 g/mol. The number of carbonyl (C=O) groups excluding carboxylic acids is 1. The number of hydrogen-bond donors (Lipinski definition) is 1. The summed E-state index contributed by atoms with van der Waals surface area (Å²) in [6.07, 6.45) is 2.09. The number of para-hydroxylation sites is 1. The maximum atomic E-state index is 13.7. The molecule has 1 unspecified atom stereocenters. The van der Waals surface area contributed by atoms with E-state index in [1.807, 2.05) is 54.8 Å². The molecule has 170 valence electrons. The predicted molar refractivity (Wildman–Crippen MR) is 130 cm³/mol. The molecule has 0 saturated carbocycles. The van der Waals surface area contributed by atoms with E-state index in [9.17, 15) is 9.59 Å². The predicted octanol–water partition coefficient (Wildman–Crippen LogP) is 4.40. The Morgan fingerprint density at radius 2 is 2.12 bits per heavy atom. The molecule has 1 amide bonds. The Bertz CT molecular complexity index is 1340. The lowest BCUT2D eigenvalue weighted by Gasteiger charge is -2.13. The fourth-order valence-electron chi connectivity index (χ4n) is 3.85. The molecule has 9 heteroatoms. The zero-order chi connectivity index (χ0) is 22.8. The molecule has 1 aromatic carbocycles. The number of thioether (sulfide) groups is 1. The highest BCUT2D eigenvalue weighted by Gasteiger charge is 2.21. The van der Waals surface area contributed by atoms with E-state index in [1.165, 1.54) is 23.1 Å². The summed E-state index contributed by atoms with van der Waals surface area (Å²) in [6, 6.07) is 13.1. The smallest absolute Gasteiger partial charge is 0.268 e. The Hall–Kier alpha value is -2.88. The maximum Gasteiger partial charge on any atom is 0.268 e. The first-order valence-electron chi connectivity index (χ1n) is 10.8. The number of thiophene rings is 1.